The third-order valence-electron chi connectivity index (χ3n) is 5.82. The molecule has 0 saturated carbocycles. The molecule has 0 radical (unpaired) electrons. The Labute approximate surface area is 201 Å². The van der Waals surface area contributed by atoms with Crippen LogP contribution < -0.4 is 15.5 Å². The van der Waals surface area contributed by atoms with Gasteiger partial charge in [-0.3, -0.25) is 9.59 Å². The average molecular weight is 462 g/mol. The number of carbonyl (C=O) groups is 2. The zero-order valence-electron chi connectivity index (χ0n) is 21.5. The SMILES string of the molecule is CCCCCCCCCCCCCC(=O)Nc1ccc(N(C)C)c(C(=O)NCCCOC)c1. The molecular weight excluding hydrogens is 414 g/mol. The van der Waals surface area contributed by atoms with E-state index in [0.717, 1.165) is 24.9 Å². The summed E-state index contributed by atoms with van der Waals surface area (Å²) in [6.45, 7) is 3.41. The minimum atomic E-state index is -0.142. The maximum absolute atomic E-state index is 12.7. The van der Waals surface area contributed by atoms with Crippen molar-refractivity contribution in [3.8, 4) is 0 Å². The van der Waals surface area contributed by atoms with Crippen molar-refractivity contribution in [2.24, 2.45) is 0 Å². The fourth-order valence-corrected chi connectivity index (χ4v) is 3.87. The van der Waals surface area contributed by atoms with Crippen LogP contribution in [0.5, 0.6) is 0 Å². The fraction of sp³-hybridized carbons (Fsp3) is 0.704. The Bertz CT molecular complexity index is 677. The summed E-state index contributed by atoms with van der Waals surface area (Å²) in [5.41, 5.74) is 2.04. The van der Waals surface area contributed by atoms with E-state index in [1.54, 1.807) is 13.2 Å². The molecule has 0 spiro atoms. The molecule has 1 aromatic rings. The number of hydrogen-bond acceptors (Lipinski definition) is 4. The summed E-state index contributed by atoms with van der Waals surface area (Å²) in [6, 6.07) is 5.50. The summed E-state index contributed by atoms with van der Waals surface area (Å²) >= 11 is 0. The molecule has 1 aromatic carbocycles. The predicted molar refractivity (Wildman–Crippen MR) is 139 cm³/mol. The van der Waals surface area contributed by atoms with E-state index in [0.29, 0.717) is 30.8 Å². The van der Waals surface area contributed by atoms with Gasteiger partial charge in [0.15, 0.2) is 0 Å². The van der Waals surface area contributed by atoms with Crippen LogP contribution in [0.4, 0.5) is 11.4 Å². The molecule has 0 aliphatic carbocycles. The van der Waals surface area contributed by atoms with Crippen LogP contribution in [0.15, 0.2) is 18.2 Å². The lowest BCUT2D eigenvalue weighted by Crippen LogP contribution is -2.27. The molecule has 188 valence electrons. The molecule has 0 aliphatic rings. The van der Waals surface area contributed by atoms with Crippen LogP contribution in [0.3, 0.4) is 0 Å². The normalized spacial score (nSPS) is 10.8. The minimum absolute atomic E-state index is 0.00924. The molecule has 0 atom stereocenters. The zero-order chi connectivity index (χ0) is 24.3. The Morgan fingerprint density at radius 1 is 0.879 bits per heavy atom. The first-order valence-corrected chi connectivity index (χ1v) is 12.9. The summed E-state index contributed by atoms with van der Waals surface area (Å²) in [5, 5.41) is 5.88. The Morgan fingerprint density at radius 3 is 2.06 bits per heavy atom. The third kappa shape index (κ3) is 13.3. The first-order chi connectivity index (χ1) is 16.0. The summed E-state index contributed by atoms with van der Waals surface area (Å²) in [7, 11) is 5.46. The van der Waals surface area contributed by atoms with Gasteiger partial charge in [0.05, 0.1) is 5.56 Å². The highest BCUT2D eigenvalue weighted by Crippen LogP contribution is 2.23. The van der Waals surface area contributed by atoms with Crippen molar-refractivity contribution in [2.75, 3.05) is 44.6 Å². The molecule has 0 bridgehead atoms. The Kier molecular flexibility index (Phi) is 16.1. The van der Waals surface area contributed by atoms with Gasteiger partial charge >= 0.3 is 0 Å². The number of anilines is 2. The number of methoxy groups -OCH3 is 1. The van der Waals surface area contributed by atoms with Crippen molar-refractivity contribution in [2.45, 2.75) is 90.4 Å². The molecule has 6 nitrogen and oxygen atoms in total. The second-order valence-corrected chi connectivity index (χ2v) is 9.06. The van der Waals surface area contributed by atoms with Crippen molar-refractivity contribution < 1.29 is 14.3 Å². The number of amides is 2. The fourth-order valence-electron chi connectivity index (χ4n) is 3.87. The minimum Gasteiger partial charge on any atom is -0.385 e. The van der Waals surface area contributed by atoms with Crippen molar-refractivity contribution in [3.05, 3.63) is 23.8 Å². The van der Waals surface area contributed by atoms with Gasteiger partial charge in [0.1, 0.15) is 0 Å². The first kappa shape index (κ1) is 29.0. The van der Waals surface area contributed by atoms with Crippen LogP contribution in [0.2, 0.25) is 0 Å². The highest BCUT2D eigenvalue weighted by atomic mass is 16.5. The highest BCUT2D eigenvalue weighted by molar-refractivity contribution is 6.02. The number of nitrogens with one attached hydrogen (secondary N) is 2. The molecule has 0 aliphatic heterocycles. The van der Waals surface area contributed by atoms with Crippen LogP contribution in [0, 0.1) is 0 Å². The molecule has 0 heterocycles. The van der Waals surface area contributed by atoms with Gasteiger partial charge in [0, 0.05) is 52.2 Å². The predicted octanol–water partition coefficient (Wildman–Crippen LogP) is 6.16. The molecule has 2 amide bonds. The Hall–Kier alpha value is -2.08. The van der Waals surface area contributed by atoms with E-state index in [1.807, 2.05) is 31.1 Å². The first-order valence-electron chi connectivity index (χ1n) is 12.9. The van der Waals surface area contributed by atoms with Crippen LogP contribution in [-0.2, 0) is 9.53 Å². The number of ether oxygens (including phenoxy) is 1. The van der Waals surface area contributed by atoms with E-state index in [9.17, 15) is 9.59 Å². The molecule has 0 aromatic heterocycles. The molecule has 0 fully saturated rings. The molecule has 0 saturated heterocycles. The summed E-state index contributed by atoms with van der Waals surface area (Å²) < 4.78 is 5.03. The van der Waals surface area contributed by atoms with Crippen LogP contribution in [0.25, 0.3) is 0 Å². The van der Waals surface area contributed by atoms with Crippen LogP contribution in [-0.4, -0.2) is 46.2 Å². The maximum Gasteiger partial charge on any atom is 0.253 e. The monoisotopic (exact) mass is 461 g/mol. The molecule has 6 heteroatoms. The van der Waals surface area contributed by atoms with E-state index >= 15 is 0 Å². The Balaban J connectivity index is 2.36. The lowest BCUT2D eigenvalue weighted by molar-refractivity contribution is -0.116. The molecule has 33 heavy (non-hydrogen) atoms. The van der Waals surface area contributed by atoms with Gasteiger partial charge in [-0.05, 0) is 31.0 Å². The molecule has 0 unspecified atom stereocenters. The van der Waals surface area contributed by atoms with Gasteiger partial charge in [0.2, 0.25) is 5.91 Å². The van der Waals surface area contributed by atoms with Crippen molar-refractivity contribution in [1.29, 1.82) is 0 Å². The third-order valence-corrected chi connectivity index (χ3v) is 5.82. The van der Waals surface area contributed by atoms with Crippen molar-refractivity contribution in [1.82, 2.24) is 5.32 Å². The number of carbonyl (C=O) groups excluding carboxylic acids is 2. The highest BCUT2D eigenvalue weighted by Gasteiger charge is 2.14. The van der Waals surface area contributed by atoms with Gasteiger partial charge in [-0.25, -0.2) is 0 Å². The second-order valence-electron chi connectivity index (χ2n) is 9.06. The van der Waals surface area contributed by atoms with E-state index in [1.165, 1.54) is 57.8 Å². The average Bonchev–Trinajstić information content (AvgIpc) is 2.80. The number of nitrogens with zero attached hydrogens (tertiary/aromatic N) is 1. The smallest absolute Gasteiger partial charge is 0.253 e. The Morgan fingerprint density at radius 2 is 1.48 bits per heavy atom. The van der Waals surface area contributed by atoms with Gasteiger partial charge in [0.25, 0.3) is 5.91 Å². The molecule has 2 N–H and O–H groups in total. The molecular formula is C27H47N3O3. The summed E-state index contributed by atoms with van der Waals surface area (Å²) in [6.07, 6.45) is 15.2. The van der Waals surface area contributed by atoms with Gasteiger partial charge in [-0.15, -0.1) is 0 Å². The van der Waals surface area contributed by atoms with Gasteiger partial charge < -0.3 is 20.3 Å². The summed E-state index contributed by atoms with van der Waals surface area (Å²) in [5.74, 6) is -0.133. The van der Waals surface area contributed by atoms with Crippen LogP contribution >= 0.6 is 0 Å². The lowest BCUT2D eigenvalue weighted by atomic mass is 10.1. The quantitative estimate of drug-likeness (QED) is 0.242. The number of benzene rings is 1. The molecule has 1 rings (SSSR count). The van der Waals surface area contributed by atoms with Crippen LogP contribution in [0.1, 0.15) is 101 Å². The van der Waals surface area contributed by atoms with E-state index in [-0.39, 0.29) is 11.8 Å². The lowest BCUT2D eigenvalue weighted by Gasteiger charge is -2.18. The number of hydrogen-bond donors (Lipinski definition) is 2. The van der Waals surface area contributed by atoms with Crippen molar-refractivity contribution in [3.63, 3.8) is 0 Å². The largest absolute Gasteiger partial charge is 0.385 e. The van der Waals surface area contributed by atoms with E-state index < -0.39 is 0 Å². The van der Waals surface area contributed by atoms with Gasteiger partial charge in [-0.1, -0.05) is 71.1 Å². The van der Waals surface area contributed by atoms with E-state index in [2.05, 4.69) is 17.6 Å². The summed E-state index contributed by atoms with van der Waals surface area (Å²) in [4.78, 5) is 26.9. The zero-order valence-corrected chi connectivity index (χ0v) is 21.5. The second kappa shape index (κ2) is 18.4. The topological polar surface area (TPSA) is 70.7 Å². The number of rotatable bonds is 19. The van der Waals surface area contributed by atoms with E-state index in [4.69, 9.17) is 4.74 Å². The maximum atomic E-state index is 12.7. The van der Waals surface area contributed by atoms with Gasteiger partial charge in [-0.2, -0.15) is 0 Å². The number of unbranched alkanes of at least 4 members (excludes halogenated alkanes) is 10. The van der Waals surface area contributed by atoms with Crippen molar-refractivity contribution >= 4 is 23.2 Å². The standard InChI is InChI=1S/C27H47N3O3/c1-5-6-7-8-9-10-11-12-13-14-15-17-26(31)29-23-18-19-25(30(2)3)24(22-23)27(32)28-20-16-21-33-4/h18-19,22H,5-17,20-21H2,1-4H3,(H,28,32)(H,29,31).